The molecular weight excluding hydrogens is 130 g/mol. The summed E-state index contributed by atoms with van der Waals surface area (Å²) >= 11 is 0. The molecule has 0 heterocycles. The molecule has 1 fully saturated rings. The van der Waals surface area contributed by atoms with Crippen LogP contribution in [0.15, 0.2) is 5.16 Å². The lowest BCUT2D eigenvalue weighted by Crippen LogP contribution is -2.03. The summed E-state index contributed by atoms with van der Waals surface area (Å²) in [6, 6.07) is 0. The van der Waals surface area contributed by atoms with Crippen molar-refractivity contribution in [2.75, 3.05) is 7.11 Å². The molecule has 0 unspecified atom stereocenters. The molecule has 0 aromatic rings. The molecule has 1 aliphatic carbocycles. The molecule has 60 valence electrons. The Morgan fingerprint density at radius 1 is 1.10 bits per heavy atom. The van der Waals surface area contributed by atoms with E-state index >= 15 is 0 Å². The Hall–Kier alpha value is -0.570. The molecule has 0 atom stereocenters. The smallest absolute Gasteiger partial charge is 0.0570 e. The zero-order valence-electron chi connectivity index (χ0n) is 6.38. The van der Waals surface area contributed by atoms with E-state index in [1.54, 1.807) is 0 Å². The fourth-order valence-corrected chi connectivity index (χ4v) is 1.06. The maximum absolute atomic E-state index is 8.28. The third kappa shape index (κ3) is 3.45. The van der Waals surface area contributed by atoms with Crippen LogP contribution >= 0.6 is 0 Å². The third-order valence-corrected chi connectivity index (χ3v) is 1.57. The summed E-state index contributed by atoms with van der Waals surface area (Å²) in [6.45, 7) is 0. The van der Waals surface area contributed by atoms with Gasteiger partial charge in [-0.2, -0.15) is 0 Å². The first-order valence-electron chi connectivity index (χ1n) is 3.58. The molecule has 1 rings (SSSR count). The van der Waals surface area contributed by atoms with E-state index in [4.69, 9.17) is 10.3 Å². The first-order chi connectivity index (χ1) is 4.93. The van der Waals surface area contributed by atoms with Crippen molar-refractivity contribution in [3.63, 3.8) is 0 Å². The minimum Gasteiger partial charge on any atom is -0.411 e. The van der Waals surface area contributed by atoms with Gasteiger partial charge in [0.25, 0.3) is 0 Å². The Kier molecular flexibility index (Phi) is 6.18. The molecular formula is C7H15NO2. The molecule has 3 nitrogen and oxygen atoms in total. The second-order valence-electron chi connectivity index (χ2n) is 2.23. The van der Waals surface area contributed by atoms with E-state index in [1.165, 1.54) is 19.3 Å². The van der Waals surface area contributed by atoms with Crippen molar-refractivity contribution in [3.05, 3.63) is 0 Å². The number of oxime groups is 1. The van der Waals surface area contributed by atoms with Crippen LogP contribution in [-0.2, 0) is 0 Å². The van der Waals surface area contributed by atoms with Gasteiger partial charge in [-0.25, -0.2) is 0 Å². The molecule has 0 aromatic heterocycles. The van der Waals surface area contributed by atoms with Crippen molar-refractivity contribution < 1.29 is 10.3 Å². The molecule has 0 spiro atoms. The van der Waals surface area contributed by atoms with Gasteiger partial charge in [-0.1, -0.05) is 11.6 Å². The number of rotatable bonds is 0. The minimum absolute atomic E-state index is 0.983. The van der Waals surface area contributed by atoms with Crippen molar-refractivity contribution >= 4 is 5.71 Å². The summed E-state index contributed by atoms with van der Waals surface area (Å²) in [6.07, 6.45) is 5.74. The quantitative estimate of drug-likeness (QED) is 0.399. The van der Waals surface area contributed by atoms with Crippen LogP contribution in [0.4, 0.5) is 0 Å². The first-order valence-corrected chi connectivity index (χ1v) is 3.58. The van der Waals surface area contributed by atoms with Gasteiger partial charge in [-0.15, -0.1) is 0 Å². The number of hydrogen-bond donors (Lipinski definition) is 2. The van der Waals surface area contributed by atoms with Gasteiger partial charge in [0.2, 0.25) is 0 Å². The topological polar surface area (TPSA) is 52.8 Å². The molecule has 0 aliphatic heterocycles. The van der Waals surface area contributed by atoms with Crippen LogP contribution in [0.25, 0.3) is 0 Å². The Balaban J connectivity index is 0.000000371. The van der Waals surface area contributed by atoms with E-state index in [0.29, 0.717) is 0 Å². The van der Waals surface area contributed by atoms with E-state index < -0.39 is 0 Å². The van der Waals surface area contributed by atoms with Crippen LogP contribution in [-0.4, -0.2) is 23.1 Å². The molecule has 0 saturated heterocycles. The largest absolute Gasteiger partial charge is 0.411 e. The van der Waals surface area contributed by atoms with Crippen molar-refractivity contribution in [2.45, 2.75) is 32.1 Å². The fraction of sp³-hybridized carbons (Fsp3) is 0.857. The molecule has 0 radical (unpaired) electrons. The summed E-state index contributed by atoms with van der Waals surface area (Å²) in [4.78, 5) is 0. The monoisotopic (exact) mass is 145 g/mol. The summed E-state index contributed by atoms with van der Waals surface area (Å²) in [5, 5.41) is 18.4. The Morgan fingerprint density at radius 3 is 1.90 bits per heavy atom. The van der Waals surface area contributed by atoms with Gasteiger partial charge in [0.1, 0.15) is 0 Å². The molecule has 0 aromatic carbocycles. The van der Waals surface area contributed by atoms with Crippen LogP contribution in [0.1, 0.15) is 32.1 Å². The first kappa shape index (κ1) is 9.43. The second kappa shape index (κ2) is 6.55. The zero-order valence-corrected chi connectivity index (χ0v) is 6.38. The highest BCUT2D eigenvalue weighted by molar-refractivity contribution is 5.84. The van der Waals surface area contributed by atoms with E-state index in [1.807, 2.05) is 0 Å². The summed E-state index contributed by atoms with van der Waals surface area (Å²) < 4.78 is 0. The highest BCUT2D eigenvalue weighted by Gasteiger charge is 2.05. The summed E-state index contributed by atoms with van der Waals surface area (Å²) in [5.41, 5.74) is 0.983. The van der Waals surface area contributed by atoms with Gasteiger partial charge < -0.3 is 10.3 Å². The Labute approximate surface area is 61.4 Å². The number of aliphatic hydroxyl groups is 1. The summed E-state index contributed by atoms with van der Waals surface area (Å²) in [7, 11) is 1.00. The van der Waals surface area contributed by atoms with E-state index in [2.05, 4.69) is 5.16 Å². The van der Waals surface area contributed by atoms with Gasteiger partial charge in [-0.05, 0) is 25.7 Å². The molecule has 1 saturated carbocycles. The van der Waals surface area contributed by atoms with Crippen molar-refractivity contribution in [3.8, 4) is 0 Å². The van der Waals surface area contributed by atoms with Gasteiger partial charge in [0.15, 0.2) is 0 Å². The zero-order chi connectivity index (χ0) is 7.82. The van der Waals surface area contributed by atoms with E-state index in [9.17, 15) is 0 Å². The van der Waals surface area contributed by atoms with E-state index in [0.717, 1.165) is 25.7 Å². The maximum Gasteiger partial charge on any atom is 0.0570 e. The lowest BCUT2D eigenvalue weighted by molar-refractivity contribution is 0.314. The summed E-state index contributed by atoms with van der Waals surface area (Å²) in [5.74, 6) is 0. The number of aliphatic hydroxyl groups excluding tert-OH is 1. The maximum atomic E-state index is 8.28. The van der Waals surface area contributed by atoms with Crippen molar-refractivity contribution in [1.82, 2.24) is 0 Å². The lowest BCUT2D eigenvalue weighted by Gasteiger charge is -2.08. The van der Waals surface area contributed by atoms with Gasteiger partial charge in [0, 0.05) is 7.11 Å². The van der Waals surface area contributed by atoms with Gasteiger partial charge in [0.05, 0.1) is 5.71 Å². The average Bonchev–Trinajstić information content (AvgIpc) is 2.10. The molecule has 0 amide bonds. The van der Waals surface area contributed by atoms with E-state index in [-0.39, 0.29) is 0 Å². The molecule has 2 N–H and O–H groups in total. The Morgan fingerprint density at radius 2 is 1.60 bits per heavy atom. The molecule has 0 bridgehead atoms. The predicted molar refractivity (Wildman–Crippen MR) is 40.4 cm³/mol. The second-order valence-corrected chi connectivity index (χ2v) is 2.23. The SMILES string of the molecule is CO.ON=C1CCCCC1. The highest BCUT2D eigenvalue weighted by atomic mass is 16.4. The van der Waals surface area contributed by atoms with Crippen LogP contribution in [0.3, 0.4) is 0 Å². The van der Waals surface area contributed by atoms with Crippen LogP contribution < -0.4 is 0 Å². The highest BCUT2D eigenvalue weighted by Crippen LogP contribution is 2.13. The molecule has 10 heavy (non-hydrogen) atoms. The van der Waals surface area contributed by atoms with Crippen molar-refractivity contribution in [1.29, 1.82) is 0 Å². The van der Waals surface area contributed by atoms with Crippen LogP contribution in [0.5, 0.6) is 0 Å². The number of nitrogens with zero attached hydrogens (tertiary/aromatic N) is 1. The molecule has 3 heteroatoms. The fourth-order valence-electron chi connectivity index (χ4n) is 1.06. The molecule has 1 aliphatic rings. The van der Waals surface area contributed by atoms with Crippen LogP contribution in [0, 0.1) is 0 Å². The normalized spacial score (nSPS) is 17.2. The van der Waals surface area contributed by atoms with Crippen LogP contribution in [0.2, 0.25) is 0 Å². The number of hydrogen-bond acceptors (Lipinski definition) is 3. The minimum atomic E-state index is 0.983. The Bertz CT molecular complexity index is 93.8. The average molecular weight is 145 g/mol. The predicted octanol–water partition coefficient (Wildman–Crippen LogP) is 1.39. The lowest BCUT2D eigenvalue weighted by atomic mass is 9.99. The standard InChI is InChI=1S/C6H11NO.CH4O/c8-7-6-4-2-1-3-5-6;1-2/h8H,1-5H2;2H,1H3. The van der Waals surface area contributed by atoms with Crippen molar-refractivity contribution in [2.24, 2.45) is 5.16 Å². The third-order valence-electron chi connectivity index (χ3n) is 1.57. The van der Waals surface area contributed by atoms with Gasteiger partial charge >= 0.3 is 0 Å². The van der Waals surface area contributed by atoms with Gasteiger partial charge in [-0.3, -0.25) is 0 Å².